The van der Waals surface area contributed by atoms with Crippen LogP contribution in [-0.2, 0) is 17.6 Å². The number of anilines is 1. The van der Waals surface area contributed by atoms with Gasteiger partial charge in [-0.05, 0) is 36.5 Å². The molecule has 0 atom stereocenters. The van der Waals surface area contributed by atoms with E-state index in [2.05, 4.69) is 16.4 Å². The Morgan fingerprint density at radius 1 is 1.29 bits per heavy atom. The minimum Gasteiger partial charge on any atom is -0.326 e. The van der Waals surface area contributed by atoms with Gasteiger partial charge in [0.1, 0.15) is 0 Å². The molecule has 0 saturated carbocycles. The molecule has 2 aliphatic rings. The van der Waals surface area contributed by atoms with E-state index < -0.39 is 9.70 Å². The summed E-state index contributed by atoms with van der Waals surface area (Å²) in [6, 6.07) is 6.13. The van der Waals surface area contributed by atoms with Crippen molar-refractivity contribution in [1.29, 1.82) is 0 Å². The van der Waals surface area contributed by atoms with Crippen molar-refractivity contribution in [2.24, 2.45) is 4.99 Å². The second kappa shape index (κ2) is 5.67. The molecule has 7 heteroatoms. The number of halogens is 3. The third-order valence-electron chi connectivity index (χ3n) is 3.72. The van der Waals surface area contributed by atoms with Crippen LogP contribution >= 0.6 is 34.8 Å². The van der Waals surface area contributed by atoms with E-state index >= 15 is 0 Å². The number of nitrogens with one attached hydrogen (secondary N) is 1. The number of guanidine groups is 1. The maximum atomic E-state index is 12.1. The summed E-state index contributed by atoms with van der Waals surface area (Å²) in [6.07, 6.45) is 3.27. The molecule has 21 heavy (non-hydrogen) atoms. The van der Waals surface area contributed by atoms with Crippen molar-refractivity contribution in [2.45, 2.75) is 23.1 Å². The number of amides is 1. The molecule has 0 spiro atoms. The quantitative estimate of drug-likeness (QED) is 0.794. The Kier molecular flexibility index (Phi) is 4.04. The number of carbonyl (C=O) groups excluding carboxylic acids is 1. The first-order valence-electron chi connectivity index (χ1n) is 6.78. The highest BCUT2D eigenvalue weighted by Gasteiger charge is 2.38. The zero-order valence-corrected chi connectivity index (χ0v) is 13.5. The molecule has 0 bridgehead atoms. The summed E-state index contributed by atoms with van der Waals surface area (Å²) in [5.74, 6) is -0.129. The molecule has 1 aromatic carbocycles. The Morgan fingerprint density at radius 3 is 2.86 bits per heavy atom. The number of hydrogen-bond donors (Lipinski definition) is 1. The van der Waals surface area contributed by atoms with Crippen LogP contribution in [0.15, 0.2) is 23.2 Å². The van der Waals surface area contributed by atoms with Crippen LogP contribution in [0.3, 0.4) is 0 Å². The minimum atomic E-state index is -1.97. The largest absolute Gasteiger partial charge is 0.326 e. The van der Waals surface area contributed by atoms with E-state index in [4.69, 9.17) is 34.8 Å². The normalized spacial score (nSPS) is 17.7. The first kappa shape index (κ1) is 14.9. The molecule has 1 aromatic rings. The van der Waals surface area contributed by atoms with Crippen LogP contribution in [0.2, 0.25) is 0 Å². The number of hydrogen-bond acceptors (Lipinski definition) is 3. The van der Waals surface area contributed by atoms with Crippen molar-refractivity contribution < 1.29 is 4.79 Å². The molecular weight excluding hydrogens is 333 g/mol. The third kappa shape index (κ3) is 2.98. The second-order valence-corrected chi connectivity index (χ2v) is 7.36. The van der Waals surface area contributed by atoms with Crippen LogP contribution in [0.25, 0.3) is 0 Å². The van der Waals surface area contributed by atoms with Crippen LogP contribution in [0.1, 0.15) is 17.5 Å². The number of fused-ring (bicyclic) bond motifs is 1. The molecule has 1 N–H and O–H groups in total. The molecule has 1 aliphatic carbocycles. The van der Waals surface area contributed by atoms with E-state index in [-0.39, 0.29) is 0 Å². The van der Waals surface area contributed by atoms with Gasteiger partial charge in [-0.25, -0.2) is 0 Å². The number of rotatable bonds is 1. The first-order chi connectivity index (χ1) is 9.97. The first-order valence-corrected chi connectivity index (χ1v) is 7.91. The van der Waals surface area contributed by atoms with Gasteiger partial charge in [-0.3, -0.25) is 14.7 Å². The average molecular weight is 347 g/mol. The minimum absolute atomic E-state index is 0.421. The smallest absolute Gasteiger partial charge is 0.281 e. The molecule has 112 valence electrons. The Morgan fingerprint density at radius 2 is 2.10 bits per heavy atom. The molecule has 0 unspecified atom stereocenters. The lowest BCUT2D eigenvalue weighted by Crippen LogP contribution is -2.44. The van der Waals surface area contributed by atoms with Crippen LogP contribution in [0.4, 0.5) is 5.69 Å². The molecule has 1 aliphatic heterocycles. The highest BCUT2D eigenvalue weighted by atomic mass is 35.6. The molecule has 4 nitrogen and oxygen atoms in total. The van der Waals surface area contributed by atoms with Crippen LogP contribution in [-0.4, -0.2) is 33.6 Å². The lowest BCUT2D eigenvalue weighted by molar-refractivity contribution is -0.126. The predicted molar refractivity (Wildman–Crippen MR) is 86.4 cm³/mol. The zero-order valence-electron chi connectivity index (χ0n) is 11.2. The van der Waals surface area contributed by atoms with E-state index in [1.54, 1.807) is 0 Å². The van der Waals surface area contributed by atoms with Crippen molar-refractivity contribution in [3.05, 3.63) is 29.3 Å². The van der Waals surface area contributed by atoms with Crippen molar-refractivity contribution in [3.63, 3.8) is 0 Å². The highest BCUT2D eigenvalue weighted by Crippen LogP contribution is 2.31. The van der Waals surface area contributed by atoms with Gasteiger partial charge in [0.05, 0.1) is 6.54 Å². The highest BCUT2D eigenvalue weighted by molar-refractivity contribution is 6.76. The fourth-order valence-corrected chi connectivity index (χ4v) is 3.07. The molecule has 3 rings (SSSR count). The van der Waals surface area contributed by atoms with Gasteiger partial charge in [0.25, 0.3) is 9.70 Å². The van der Waals surface area contributed by atoms with Crippen LogP contribution < -0.4 is 5.32 Å². The lowest BCUT2D eigenvalue weighted by Gasteiger charge is -2.23. The number of nitrogens with zero attached hydrogens (tertiary/aromatic N) is 2. The SMILES string of the molecule is O=C(N1CCN=C1Nc1cccc2c1CCC2)C(Cl)(Cl)Cl. The summed E-state index contributed by atoms with van der Waals surface area (Å²) in [7, 11) is 0. The fraction of sp³-hybridized carbons (Fsp3) is 0.429. The van der Waals surface area contributed by atoms with Crippen molar-refractivity contribution in [1.82, 2.24) is 4.90 Å². The molecular formula is C14H14Cl3N3O. The maximum Gasteiger partial charge on any atom is 0.281 e. The summed E-state index contributed by atoms with van der Waals surface area (Å²) in [5.41, 5.74) is 3.61. The summed E-state index contributed by atoms with van der Waals surface area (Å²) < 4.78 is -1.97. The zero-order chi connectivity index (χ0) is 15.0. The Labute approximate surface area is 138 Å². The molecule has 0 aromatic heterocycles. The standard InChI is InChI=1S/C14H14Cl3N3O/c15-14(16,17)12(21)20-8-7-18-13(20)19-11-6-2-4-9-3-1-5-10(9)11/h2,4,6H,1,3,5,7-8H2,(H,18,19). The van der Waals surface area contributed by atoms with E-state index in [9.17, 15) is 4.79 Å². The second-order valence-electron chi connectivity index (χ2n) is 5.08. The summed E-state index contributed by atoms with van der Waals surface area (Å²) in [4.78, 5) is 17.8. The monoisotopic (exact) mass is 345 g/mol. The van der Waals surface area contributed by atoms with Gasteiger partial charge in [-0.1, -0.05) is 46.9 Å². The Hall–Kier alpha value is -0.970. The summed E-state index contributed by atoms with van der Waals surface area (Å²) in [5, 5.41) is 3.22. The maximum absolute atomic E-state index is 12.1. The van der Waals surface area contributed by atoms with E-state index in [0.29, 0.717) is 19.0 Å². The van der Waals surface area contributed by atoms with Gasteiger partial charge >= 0.3 is 0 Å². The number of aliphatic imine (C=N–C) groups is 1. The van der Waals surface area contributed by atoms with Crippen molar-refractivity contribution in [2.75, 3.05) is 18.4 Å². The van der Waals surface area contributed by atoms with E-state index in [1.165, 1.54) is 16.0 Å². The topological polar surface area (TPSA) is 44.7 Å². The third-order valence-corrected chi connectivity index (χ3v) is 4.21. The van der Waals surface area contributed by atoms with Crippen LogP contribution in [0, 0.1) is 0 Å². The Balaban J connectivity index is 1.82. The molecule has 1 amide bonds. The average Bonchev–Trinajstić information content (AvgIpc) is 3.05. The summed E-state index contributed by atoms with van der Waals surface area (Å²) in [6.45, 7) is 0.925. The molecule has 0 radical (unpaired) electrons. The van der Waals surface area contributed by atoms with Crippen molar-refractivity contribution in [3.8, 4) is 0 Å². The number of aryl methyl sites for hydroxylation is 1. The summed E-state index contributed by atoms with van der Waals surface area (Å²) >= 11 is 17.0. The van der Waals surface area contributed by atoms with Crippen LogP contribution in [0.5, 0.6) is 0 Å². The van der Waals surface area contributed by atoms with Gasteiger partial charge in [0.15, 0.2) is 0 Å². The molecule has 0 fully saturated rings. The lowest BCUT2D eigenvalue weighted by atomic mass is 10.1. The fourth-order valence-electron chi connectivity index (χ4n) is 2.76. The van der Waals surface area contributed by atoms with Crippen molar-refractivity contribution >= 4 is 52.4 Å². The number of carbonyl (C=O) groups is 1. The van der Waals surface area contributed by atoms with Gasteiger partial charge in [0, 0.05) is 12.2 Å². The van der Waals surface area contributed by atoms with Gasteiger partial charge < -0.3 is 5.32 Å². The van der Waals surface area contributed by atoms with Gasteiger partial charge in [-0.15, -0.1) is 0 Å². The number of alkyl halides is 3. The Bertz CT molecular complexity index is 610. The van der Waals surface area contributed by atoms with Gasteiger partial charge in [0.2, 0.25) is 5.96 Å². The van der Waals surface area contributed by atoms with Gasteiger partial charge in [-0.2, -0.15) is 0 Å². The molecule has 1 heterocycles. The van der Waals surface area contributed by atoms with E-state index in [0.717, 1.165) is 24.9 Å². The number of benzene rings is 1. The predicted octanol–water partition coefficient (Wildman–Crippen LogP) is 3.16. The molecule has 0 saturated heterocycles. The van der Waals surface area contributed by atoms with E-state index in [1.807, 2.05) is 12.1 Å².